The topological polar surface area (TPSA) is 58.5 Å². The second kappa shape index (κ2) is 7.86. The van der Waals surface area contributed by atoms with Gasteiger partial charge in [0.25, 0.3) is 0 Å². The van der Waals surface area contributed by atoms with Crippen LogP contribution < -0.4 is 0 Å². The first-order valence-corrected chi connectivity index (χ1v) is 9.81. The summed E-state index contributed by atoms with van der Waals surface area (Å²) in [6.07, 6.45) is 3.59. The predicted molar refractivity (Wildman–Crippen MR) is 112 cm³/mol. The molecule has 0 radical (unpaired) electrons. The molecular weight excluding hydrogens is 395 g/mol. The number of aromatic nitrogens is 2. The van der Waals surface area contributed by atoms with Gasteiger partial charge < -0.3 is 0 Å². The van der Waals surface area contributed by atoms with E-state index in [2.05, 4.69) is 15.1 Å². The fraction of sp³-hybridized carbons (Fsp3) is 0.238. The summed E-state index contributed by atoms with van der Waals surface area (Å²) in [5.41, 5.74) is 4.15. The number of pyridine rings is 2. The summed E-state index contributed by atoms with van der Waals surface area (Å²) < 4.78 is 0. The Bertz CT molecular complexity index is 1100. The minimum atomic E-state index is 0.0413. The summed E-state index contributed by atoms with van der Waals surface area (Å²) >= 11 is 12.4. The number of amides is 1. The predicted octanol–water partition coefficient (Wildman–Crippen LogP) is 4.81. The van der Waals surface area contributed by atoms with Crippen LogP contribution in [-0.2, 0) is 11.2 Å². The highest BCUT2D eigenvalue weighted by Crippen LogP contribution is 2.29. The van der Waals surface area contributed by atoms with E-state index in [1.54, 1.807) is 17.3 Å². The molecule has 3 aromatic rings. The van der Waals surface area contributed by atoms with Gasteiger partial charge in [-0.15, -0.1) is 0 Å². The van der Waals surface area contributed by atoms with E-state index in [1.807, 2.05) is 37.3 Å². The number of aryl methyl sites for hydroxylation is 1. The minimum absolute atomic E-state index is 0.0413. The fourth-order valence-corrected chi connectivity index (χ4v) is 3.62. The molecule has 3 heterocycles. The molecule has 28 heavy (non-hydrogen) atoms. The molecule has 1 fully saturated rings. The number of rotatable bonds is 4. The zero-order valence-electron chi connectivity index (χ0n) is 15.3. The zero-order valence-corrected chi connectivity index (χ0v) is 16.8. The van der Waals surface area contributed by atoms with Crippen molar-refractivity contribution in [2.75, 3.05) is 6.54 Å². The van der Waals surface area contributed by atoms with Gasteiger partial charge in [-0.3, -0.25) is 14.8 Å². The maximum absolute atomic E-state index is 12.1. The number of carbonyl (C=O) groups excluding carboxylic acids is 1. The Hall–Kier alpha value is -2.50. The lowest BCUT2D eigenvalue weighted by molar-refractivity contribution is -0.127. The van der Waals surface area contributed by atoms with Gasteiger partial charge in [-0.05, 0) is 49.2 Å². The molecule has 1 aliphatic rings. The van der Waals surface area contributed by atoms with E-state index < -0.39 is 0 Å². The van der Waals surface area contributed by atoms with Crippen molar-refractivity contribution < 1.29 is 4.79 Å². The number of fused-ring (bicyclic) bond motifs is 1. The van der Waals surface area contributed by atoms with Gasteiger partial charge in [0.2, 0.25) is 5.91 Å². The zero-order chi connectivity index (χ0) is 19.7. The standard InChI is InChI=1S/C21H18Cl2N4O/c1-13-4-2-5-18(25-13)20(26-27-9-3-6-21(27)28)10-14-7-8-24-19-12-17(23)16(22)11-15(14)19/h2,4-5,7-8,11-12H,3,6,9-10H2,1H3. The molecule has 0 atom stereocenters. The first-order chi connectivity index (χ1) is 13.5. The lowest BCUT2D eigenvalue weighted by Crippen LogP contribution is -2.22. The Morgan fingerprint density at radius 2 is 2.04 bits per heavy atom. The summed E-state index contributed by atoms with van der Waals surface area (Å²) in [7, 11) is 0. The number of hydrogen-bond donors (Lipinski definition) is 0. The quantitative estimate of drug-likeness (QED) is 0.577. The Morgan fingerprint density at radius 3 is 2.79 bits per heavy atom. The van der Waals surface area contributed by atoms with Crippen LogP contribution in [0.1, 0.15) is 29.8 Å². The van der Waals surface area contributed by atoms with Gasteiger partial charge >= 0.3 is 0 Å². The van der Waals surface area contributed by atoms with E-state index in [-0.39, 0.29) is 5.91 Å². The molecule has 0 N–H and O–H groups in total. The third-order valence-electron chi connectivity index (χ3n) is 4.71. The molecule has 1 aromatic carbocycles. The molecular formula is C21H18Cl2N4O. The number of nitrogens with zero attached hydrogens (tertiary/aromatic N) is 4. The van der Waals surface area contributed by atoms with Crippen LogP contribution in [0.3, 0.4) is 0 Å². The Morgan fingerprint density at radius 1 is 1.21 bits per heavy atom. The van der Waals surface area contributed by atoms with Crippen molar-refractivity contribution in [3.8, 4) is 0 Å². The first-order valence-electron chi connectivity index (χ1n) is 9.06. The van der Waals surface area contributed by atoms with Gasteiger partial charge in [0.15, 0.2) is 0 Å². The van der Waals surface area contributed by atoms with Crippen molar-refractivity contribution in [3.63, 3.8) is 0 Å². The van der Waals surface area contributed by atoms with E-state index in [9.17, 15) is 4.79 Å². The molecule has 0 unspecified atom stereocenters. The lowest BCUT2D eigenvalue weighted by atomic mass is 10.0. The van der Waals surface area contributed by atoms with Crippen molar-refractivity contribution in [2.45, 2.75) is 26.2 Å². The average Bonchev–Trinajstić information content (AvgIpc) is 3.07. The summed E-state index contributed by atoms with van der Waals surface area (Å²) in [5, 5.41) is 8.07. The molecule has 1 amide bonds. The lowest BCUT2D eigenvalue weighted by Gasteiger charge is -2.14. The molecule has 0 bridgehead atoms. The van der Waals surface area contributed by atoms with Crippen molar-refractivity contribution in [1.82, 2.24) is 15.0 Å². The van der Waals surface area contributed by atoms with E-state index in [1.165, 1.54) is 0 Å². The van der Waals surface area contributed by atoms with Crippen LogP contribution in [0.2, 0.25) is 10.0 Å². The van der Waals surface area contributed by atoms with Crippen molar-refractivity contribution in [2.24, 2.45) is 5.10 Å². The second-order valence-corrected chi connectivity index (χ2v) is 7.58. The molecule has 1 aliphatic heterocycles. The molecule has 5 nitrogen and oxygen atoms in total. The van der Waals surface area contributed by atoms with Crippen LogP contribution >= 0.6 is 23.2 Å². The third kappa shape index (κ3) is 3.86. The maximum Gasteiger partial charge on any atom is 0.242 e. The van der Waals surface area contributed by atoms with Crippen LogP contribution in [0.25, 0.3) is 10.9 Å². The first kappa shape index (κ1) is 18.8. The Balaban J connectivity index is 1.80. The monoisotopic (exact) mass is 412 g/mol. The summed E-state index contributed by atoms with van der Waals surface area (Å²) in [5.74, 6) is 0.0413. The maximum atomic E-state index is 12.1. The number of hydrazone groups is 1. The van der Waals surface area contributed by atoms with Crippen molar-refractivity contribution in [3.05, 3.63) is 69.6 Å². The van der Waals surface area contributed by atoms with E-state index in [0.29, 0.717) is 29.4 Å². The van der Waals surface area contributed by atoms with Crippen LogP contribution in [0.4, 0.5) is 0 Å². The number of hydrogen-bond acceptors (Lipinski definition) is 4. The molecule has 0 aliphatic carbocycles. The Kier molecular flexibility index (Phi) is 5.29. The summed E-state index contributed by atoms with van der Waals surface area (Å²) in [6, 6.07) is 11.3. The van der Waals surface area contributed by atoms with Gasteiger partial charge in [0.05, 0.1) is 27.0 Å². The van der Waals surface area contributed by atoms with Gasteiger partial charge in [0, 0.05) is 36.7 Å². The van der Waals surface area contributed by atoms with Crippen LogP contribution in [0, 0.1) is 6.92 Å². The molecule has 2 aromatic heterocycles. The highest BCUT2D eigenvalue weighted by molar-refractivity contribution is 6.42. The molecule has 142 valence electrons. The smallest absolute Gasteiger partial charge is 0.242 e. The molecule has 4 rings (SSSR count). The van der Waals surface area contributed by atoms with Crippen molar-refractivity contribution >= 4 is 45.7 Å². The fourth-order valence-electron chi connectivity index (χ4n) is 3.30. The SMILES string of the molecule is Cc1cccc(C(Cc2ccnc3cc(Cl)c(Cl)cc23)=NN2CCCC2=O)n1. The normalized spacial score (nSPS) is 14.9. The second-order valence-electron chi connectivity index (χ2n) is 6.76. The average molecular weight is 413 g/mol. The third-order valence-corrected chi connectivity index (χ3v) is 5.43. The van der Waals surface area contributed by atoms with Crippen LogP contribution in [-0.4, -0.2) is 33.1 Å². The van der Waals surface area contributed by atoms with Gasteiger partial charge in [-0.25, -0.2) is 5.01 Å². The Labute approximate surface area is 173 Å². The highest BCUT2D eigenvalue weighted by atomic mass is 35.5. The largest absolute Gasteiger partial charge is 0.273 e. The molecule has 7 heteroatoms. The number of halogens is 2. The van der Waals surface area contributed by atoms with Gasteiger partial charge in [0.1, 0.15) is 0 Å². The van der Waals surface area contributed by atoms with Crippen LogP contribution in [0.15, 0.2) is 47.7 Å². The number of carbonyl (C=O) groups is 1. The minimum Gasteiger partial charge on any atom is -0.273 e. The van der Waals surface area contributed by atoms with Crippen LogP contribution in [0.5, 0.6) is 0 Å². The van der Waals surface area contributed by atoms with Gasteiger partial charge in [-0.1, -0.05) is 29.3 Å². The van der Waals surface area contributed by atoms with E-state index >= 15 is 0 Å². The van der Waals surface area contributed by atoms with Crippen molar-refractivity contribution in [1.29, 1.82) is 0 Å². The summed E-state index contributed by atoms with van der Waals surface area (Å²) in [4.78, 5) is 21.1. The summed E-state index contributed by atoms with van der Waals surface area (Å²) in [6.45, 7) is 2.57. The highest BCUT2D eigenvalue weighted by Gasteiger charge is 2.21. The van der Waals surface area contributed by atoms with E-state index in [0.717, 1.165) is 40.0 Å². The molecule has 1 saturated heterocycles. The number of benzene rings is 1. The molecule has 0 saturated carbocycles. The van der Waals surface area contributed by atoms with E-state index in [4.69, 9.17) is 23.2 Å². The van der Waals surface area contributed by atoms with Gasteiger partial charge in [-0.2, -0.15) is 5.10 Å². The molecule has 0 spiro atoms.